The molecule has 0 heterocycles. The summed E-state index contributed by atoms with van der Waals surface area (Å²) >= 11 is 0. The van der Waals surface area contributed by atoms with Gasteiger partial charge in [-0.2, -0.15) is 0 Å². The second kappa shape index (κ2) is 9.98. The van der Waals surface area contributed by atoms with Crippen LogP contribution < -0.4 is 9.79 Å². The maximum absolute atomic E-state index is 11.6. The monoisotopic (exact) mass is 376 g/mol. The molecular formula is C11H22O10P2-2. The van der Waals surface area contributed by atoms with E-state index in [1.807, 2.05) is 0 Å². The summed E-state index contributed by atoms with van der Waals surface area (Å²) in [7, 11) is -9.45. The molecule has 10 nitrogen and oxygen atoms in total. The zero-order valence-electron chi connectivity index (χ0n) is 13.3. The van der Waals surface area contributed by atoms with E-state index in [0.717, 1.165) is 0 Å². The first kappa shape index (κ1) is 22.9. The number of aliphatic hydroxyl groups is 1. The van der Waals surface area contributed by atoms with Gasteiger partial charge in [-0.3, -0.25) is 9.13 Å². The van der Waals surface area contributed by atoms with E-state index < -0.39 is 53.1 Å². The average molecular weight is 376 g/mol. The summed E-state index contributed by atoms with van der Waals surface area (Å²) in [5, 5.41) is 9.79. The van der Waals surface area contributed by atoms with E-state index >= 15 is 0 Å². The van der Waals surface area contributed by atoms with Crippen LogP contribution in [0.4, 0.5) is 0 Å². The number of phosphoric ester groups is 2. The Morgan fingerprint density at radius 3 is 1.91 bits per heavy atom. The lowest BCUT2D eigenvalue weighted by Gasteiger charge is -2.32. The van der Waals surface area contributed by atoms with E-state index in [9.17, 15) is 28.8 Å². The van der Waals surface area contributed by atoms with Crippen LogP contribution in [0.25, 0.3) is 0 Å². The summed E-state index contributed by atoms with van der Waals surface area (Å²) in [6.07, 6.45) is -4.83. The molecule has 3 unspecified atom stereocenters. The van der Waals surface area contributed by atoms with Crippen LogP contribution in [0.15, 0.2) is 0 Å². The number of carbonyl (C=O) groups is 1. The molecule has 0 aliphatic carbocycles. The summed E-state index contributed by atoms with van der Waals surface area (Å²) in [5.74, 6) is 0. The van der Waals surface area contributed by atoms with Crippen LogP contribution in [0, 0.1) is 0 Å². The average Bonchev–Trinajstić information content (AvgIpc) is 2.32. The molecular weight excluding hydrogens is 354 g/mol. The van der Waals surface area contributed by atoms with Gasteiger partial charge in [0, 0.05) is 6.42 Å². The van der Waals surface area contributed by atoms with E-state index in [4.69, 9.17) is 0 Å². The van der Waals surface area contributed by atoms with Crippen molar-refractivity contribution in [3.05, 3.63) is 0 Å². The van der Waals surface area contributed by atoms with Crippen molar-refractivity contribution in [3.63, 3.8) is 0 Å². The van der Waals surface area contributed by atoms with Crippen molar-refractivity contribution in [2.24, 2.45) is 0 Å². The lowest BCUT2D eigenvalue weighted by Crippen LogP contribution is -2.35. The molecule has 23 heavy (non-hydrogen) atoms. The van der Waals surface area contributed by atoms with Gasteiger partial charge < -0.3 is 37.8 Å². The molecule has 0 radical (unpaired) electrons. The van der Waals surface area contributed by atoms with Crippen LogP contribution in [0.5, 0.6) is 0 Å². The van der Waals surface area contributed by atoms with Crippen LogP contribution >= 0.6 is 15.6 Å². The van der Waals surface area contributed by atoms with Crippen LogP contribution in [-0.2, 0) is 32.0 Å². The molecule has 12 heteroatoms. The van der Waals surface area contributed by atoms with E-state index in [2.05, 4.69) is 18.1 Å². The lowest BCUT2D eigenvalue weighted by molar-refractivity contribution is -0.238. The Hall–Kier alpha value is -0.150. The number of phosphoric acid groups is 2. The molecule has 138 valence electrons. The highest BCUT2D eigenvalue weighted by molar-refractivity contribution is 7.46. The summed E-state index contributed by atoms with van der Waals surface area (Å²) in [5.41, 5.74) is 0. The molecule has 0 saturated carbocycles. The van der Waals surface area contributed by atoms with Gasteiger partial charge in [0.1, 0.15) is 18.5 Å². The number of rotatable bonds is 12. The summed E-state index contributed by atoms with van der Waals surface area (Å²) in [4.78, 5) is 33.5. The first-order valence-electron chi connectivity index (χ1n) is 6.82. The Balaban J connectivity index is 4.74. The van der Waals surface area contributed by atoms with E-state index in [1.165, 1.54) is 27.7 Å². The Kier molecular flexibility index (Phi) is 9.92. The molecule has 0 aromatic carbocycles. The number of aliphatic hydroxyl groups excluding tert-OH is 1. The van der Waals surface area contributed by atoms with Gasteiger partial charge in [-0.15, -0.1) is 0 Å². The highest BCUT2D eigenvalue weighted by Crippen LogP contribution is 2.43. The fourth-order valence-electron chi connectivity index (χ4n) is 1.38. The second-order valence-electron chi connectivity index (χ2n) is 5.11. The largest absolute Gasteiger partial charge is 0.756 e. The predicted molar refractivity (Wildman–Crippen MR) is 75.2 cm³/mol. The van der Waals surface area contributed by atoms with Crippen molar-refractivity contribution in [2.45, 2.75) is 58.5 Å². The van der Waals surface area contributed by atoms with Crippen molar-refractivity contribution >= 4 is 21.9 Å². The number of aldehydes is 1. The smallest absolute Gasteiger partial charge is 0.268 e. The first-order chi connectivity index (χ1) is 10.4. The zero-order chi connectivity index (χ0) is 18.3. The quantitative estimate of drug-likeness (QED) is 0.367. The normalized spacial score (nSPS) is 20.0. The first-order valence-corrected chi connectivity index (χ1v) is 9.74. The minimum absolute atomic E-state index is 0.310. The highest BCUT2D eigenvalue weighted by atomic mass is 31.2. The minimum Gasteiger partial charge on any atom is -0.756 e. The molecule has 0 amide bonds. The van der Waals surface area contributed by atoms with Gasteiger partial charge in [0.05, 0.1) is 18.8 Å². The fraction of sp³-hybridized carbons (Fsp3) is 0.909. The molecule has 0 fully saturated rings. The molecule has 0 aliphatic heterocycles. The zero-order valence-corrected chi connectivity index (χ0v) is 15.1. The number of carbonyl (C=O) groups excluding carboxylic acids is 1. The van der Waals surface area contributed by atoms with Crippen molar-refractivity contribution in [1.29, 1.82) is 0 Å². The summed E-state index contributed by atoms with van der Waals surface area (Å²) in [6.45, 7) is 4.96. The van der Waals surface area contributed by atoms with Crippen LogP contribution in [0.2, 0.25) is 0 Å². The van der Waals surface area contributed by atoms with Crippen LogP contribution in [0.3, 0.4) is 0 Å². The Morgan fingerprint density at radius 1 is 1.00 bits per heavy atom. The van der Waals surface area contributed by atoms with Crippen LogP contribution in [-0.4, -0.2) is 42.4 Å². The summed E-state index contributed by atoms with van der Waals surface area (Å²) < 4.78 is 41.0. The van der Waals surface area contributed by atoms with Gasteiger partial charge in [0.15, 0.2) is 0 Å². The Bertz CT molecular complexity index is 452. The standard InChI is InChI=1S/C11H24O10P2/c1-8(2)19-22(14,15)18-7-10(13)11(5-6-12)21-23(16,17)20-9(3)4/h6,8-11,13H,5,7H2,1-4H3,(H,14,15)(H,16,17)/p-2/t10-,11?/m1/s1. The van der Waals surface area contributed by atoms with Gasteiger partial charge in [-0.05, 0) is 27.7 Å². The Morgan fingerprint density at radius 2 is 1.48 bits per heavy atom. The summed E-state index contributed by atoms with van der Waals surface area (Å²) in [6, 6.07) is 0. The number of hydrogen-bond donors (Lipinski definition) is 1. The van der Waals surface area contributed by atoms with Crippen molar-refractivity contribution in [3.8, 4) is 0 Å². The van der Waals surface area contributed by atoms with Gasteiger partial charge in [-0.1, -0.05) is 0 Å². The van der Waals surface area contributed by atoms with E-state index in [0.29, 0.717) is 6.29 Å². The SMILES string of the molecule is CC(C)OP(=O)([O-])OC[C@@H](O)C(CC=O)OP(=O)([O-])OC(C)C. The Labute approximate surface area is 134 Å². The van der Waals surface area contributed by atoms with Gasteiger partial charge in [0.2, 0.25) is 0 Å². The van der Waals surface area contributed by atoms with E-state index in [1.54, 1.807) is 0 Å². The third-order valence-corrected chi connectivity index (χ3v) is 4.46. The molecule has 0 spiro atoms. The third-order valence-electron chi connectivity index (χ3n) is 2.11. The topological polar surface area (TPSA) is 154 Å². The lowest BCUT2D eigenvalue weighted by atomic mass is 10.2. The maximum atomic E-state index is 11.6. The molecule has 4 atom stereocenters. The van der Waals surface area contributed by atoms with Gasteiger partial charge in [0.25, 0.3) is 15.6 Å². The van der Waals surface area contributed by atoms with Crippen molar-refractivity contribution in [1.82, 2.24) is 0 Å². The van der Waals surface area contributed by atoms with Crippen molar-refractivity contribution in [2.75, 3.05) is 6.61 Å². The molecule has 0 bridgehead atoms. The van der Waals surface area contributed by atoms with Gasteiger partial charge in [-0.25, -0.2) is 0 Å². The molecule has 0 aromatic heterocycles. The van der Waals surface area contributed by atoms with Crippen LogP contribution in [0.1, 0.15) is 34.1 Å². The number of hydrogen-bond acceptors (Lipinski definition) is 10. The molecule has 0 aliphatic rings. The third kappa shape index (κ3) is 11.1. The van der Waals surface area contributed by atoms with Crippen molar-refractivity contribution < 1.29 is 46.9 Å². The van der Waals surface area contributed by atoms with Gasteiger partial charge >= 0.3 is 0 Å². The molecule has 0 aromatic rings. The molecule has 1 N–H and O–H groups in total. The highest BCUT2D eigenvalue weighted by Gasteiger charge is 2.27. The second-order valence-corrected chi connectivity index (χ2v) is 7.79. The molecule has 0 rings (SSSR count). The maximum Gasteiger partial charge on any atom is 0.268 e. The minimum atomic E-state index is -4.78. The predicted octanol–water partition coefficient (Wildman–Crippen LogP) is 0.125. The molecule has 0 saturated heterocycles. The van der Waals surface area contributed by atoms with E-state index in [-0.39, 0.29) is 0 Å². The fourth-order valence-corrected chi connectivity index (χ4v) is 3.41.